The monoisotopic (exact) mass is 556 g/mol. The van der Waals surface area contributed by atoms with Crippen molar-refractivity contribution in [3.05, 3.63) is 82.3 Å². The number of halogens is 4. The van der Waals surface area contributed by atoms with E-state index in [4.69, 9.17) is 0 Å². The van der Waals surface area contributed by atoms with Gasteiger partial charge in [0.05, 0.1) is 22.1 Å². The molecule has 0 fully saturated rings. The second kappa shape index (κ2) is 9.38. The number of aromatic nitrogens is 5. The van der Waals surface area contributed by atoms with E-state index in [1.807, 2.05) is 43.5 Å². The lowest BCUT2D eigenvalue weighted by atomic mass is 10.0. The highest BCUT2D eigenvalue weighted by Crippen LogP contribution is 2.34. The summed E-state index contributed by atoms with van der Waals surface area (Å²) in [4.78, 5) is 17.4. The van der Waals surface area contributed by atoms with Gasteiger partial charge in [-0.2, -0.15) is 23.4 Å². The third kappa shape index (κ3) is 4.58. The molecule has 11 heteroatoms. The summed E-state index contributed by atoms with van der Waals surface area (Å²) in [5, 5.41) is 12.6. The lowest BCUT2D eigenvalue weighted by Gasteiger charge is -2.13. The highest BCUT2D eigenvalue weighted by Gasteiger charge is 2.36. The normalized spacial score (nSPS) is 11.9. The van der Waals surface area contributed by atoms with Gasteiger partial charge in [-0.25, -0.2) is 9.50 Å². The van der Waals surface area contributed by atoms with Crippen molar-refractivity contribution in [2.75, 3.05) is 6.54 Å². The number of fused-ring (bicyclic) bond motifs is 2. The highest BCUT2D eigenvalue weighted by molar-refractivity contribution is 9.10. The van der Waals surface area contributed by atoms with E-state index in [-0.39, 0.29) is 16.9 Å². The molecule has 5 rings (SSSR count). The Morgan fingerprint density at radius 1 is 1.14 bits per heavy atom. The molecule has 36 heavy (non-hydrogen) atoms. The van der Waals surface area contributed by atoms with E-state index in [2.05, 4.69) is 36.4 Å². The molecule has 1 N–H and O–H groups in total. The summed E-state index contributed by atoms with van der Waals surface area (Å²) in [6.45, 7) is 2.76. The van der Waals surface area contributed by atoms with Crippen LogP contribution in [-0.4, -0.2) is 36.8 Å². The fourth-order valence-corrected chi connectivity index (χ4v) is 4.37. The number of carbonyl (C=O) groups is 1. The maximum atomic E-state index is 14.0. The zero-order valence-electron chi connectivity index (χ0n) is 19.1. The molecule has 2 aromatic carbocycles. The molecule has 0 aliphatic heterocycles. The molecule has 0 unspecified atom stereocenters. The van der Waals surface area contributed by atoms with Gasteiger partial charge >= 0.3 is 6.18 Å². The van der Waals surface area contributed by atoms with Crippen LogP contribution in [0.5, 0.6) is 0 Å². The summed E-state index contributed by atoms with van der Waals surface area (Å²) in [5.41, 5.74) is 0.320. The number of carbonyl (C=O) groups excluding carboxylic acids is 1. The minimum atomic E-state index is -4.70. The number of amides is 1. The number of aryl methyl sites for hydroxylation is 2. The van der Waals surface area contributed by atoms with Crippen LogP contribution < -0.4 is 5.32 Å². The van der Waals surface area contributed by atoms with Gasteiger partial charge in [0, 0.05) is 24.8 Å². The Labute approximate surface area is 212 Å². The predicted molar refractivity (Wildman–Crippen MR) is 133 cm³/mol. The first-order valence-electron chi connectivity index (χ1n) is 11.1. The van der Waals surface area contributed by atoms with Crippen molar-refractivity contribution in [1.82, 2.24) is 29.7 Å². The quantitative estimate of drug-likeness (QED) is 0.274. The van der Waals surface area contributed by atoms with Gasteiger partial charge in [0.25, 0.3) is 5.91 Å². The van der Waals surface area contributed by atoms with Crippen LogP contribution in [-0.2, 0) is 12.7 Å². The largest absolute Gasteiger partial charge is 0.433 e. The maximum absolute atomic E-state index is 14.0. The summed E-state index contributed by atoms with van der Waals surface area (Å²) < 4.78 is 45.3. The van der Waals surface area contributed by atoms with Crippen LogP contribution in [0, 0.1) is 6.92 Å². The number of rotatable bonds is 6. The molecular weight excluding hydrogens is 537 g/mol. The second-order valence-electron chi connectivity index (χ2n) is 8.28. The fraction of sp³-hybridized carbons (Fsp3) is 0.200. The van der Waals surface area contributed by atoms with Gasteiger partial charge in [-0.05, 0) is 46.1 Å². The molecule has 0 saturated heterocycles. The number of hydrogen-bond acceptors (Lipinski definition) is 4. The molecular formula is C25H20BrF3N6O. The van der Waals surface area contributed by atoms with Crippen molar-refractivity contribution in [1.29, 1.82) is 0 Å². The van der Waals surface area contributed by atoms with Crippen molar-refractivity contribution in [2.24, 2.45) is 0 Å². The third-order valence-corrected chi connectivity index (χ3v) is 6.59. The molecule has 0 aliphatic rings. The van der Waals surface area contributed by atoms with Gasteiger partial charge in [0.1, 0.15) is 5.56 Å². The first kappa shape index (κ1) is 24.0. The van der Waals surface area contributed by atoms with E-state index in [1.165, 1.54) is 0 Å². The third-order valence-electron chi connectivity index (χ3n) is 5.81. The zero-order valence-corrected chi connectivity index (χ0v) is 20.6. The van der Waals surface area contributed by atoms with E-state index in [0.29, 0.717) is 29.6 Å². The Balaban J connectivity index is 1.47. The fourth-order valence-electron chi connectivity index (χ4n) is 4.06. The minimum absolute atomic E-state index is 0.0275. The number of alkyl halides is 3. The molecule has 0 bridgehead atoms. The Bertz CT molecular complexity index is 1570. The summed E-state index contributed by atoms with van der Waals surface area (Å²) in [6.07, 6.45) is -1.15. The standard InChI is InChI=1S/C25H20BrF3N6O/c1-15-20(26)14-34(33-15)11-5-10-30-24(36)19-13-31-35-22(25(27,28)29)12-21(32-23(19)35)18-9-4-7-16-6-2-3-8-17(16)18/h2-4,6-9,12-14H,5,10-11H2,1H3,(H,30,36). The summed E-state index contributed by atoms with van der Waals surface area (Å²) in [7, 11) is 0. The Morgan fingerprint density at radius 2 is 1.92 bits per heavy atom. The lowest BCUT2D eigenvalue weighted by molar-refractivity contribution is -0.142. The van der Waals surface area contributed by atoms with Gasteiger partial charge in [-0.3, -0.25) is 9.48 Å². The Hall–Kier alpha value is -3.73. The van der Waals surface area contributed by atoms with Crippen LogP contribution in [0.15, 0.2) is 65.4 Å². The Morgan fingerprint density at radius 3 is 2.67 bits per heavy atom. The minimum Gasteiger partial charge on any atom is -0.352 e. The van der Waals surface area contributed by atoms with Crippen LogP contribution in [0.2, 0.25) is 0 Å². The maximum Gasteiger partial charge on any atom is 0.433 e. The van der Waals surface area contributed by atoms with Gasteiger partial charge < -0.3 is 5.32 Å². The smallest absolute Gasteiger partial charge is 0.352 e. The van der Waals surface area contributed by atoms with Gasteiger partial charge in [0.2, 0.25) is 0 Å². The summed E-state index contributed by atoms with van der Waals surface area (Å²) >= 11 is 3.40. The molecule has 184 valence electrons. The van der Waals surface area contributed by atoms with Gasteiger partial charge in [0.15, 0.2) is 11.3 Å². The highest BCUT2D eigenvalue weighted by atomic mass is 79.9. The molecule has 5 aromatic rings. The second-order valence-corrected chi connectivity index (χ2v) is 9.13. The van der Waals surface area contributed by atoms with Crippen molar-refractivity contribution >= 4 is 38.3 Å². The molecule has 0 spiro atoms. The molecule has 3 aromatic heterocycles. The van der Waals surface area contributed by atoms with Crippen LogP contribution in [0.3, 0.4) is 0 Å². The van der Waals surface area contributed by atoms with E-state index >= 15 is 0 Å². The van der Waals surface area contributed by atoms with Crippen LogP contribution in [0.1, 0.15) is 28.2 Å². The van der Waals surface area contributed by atoms with Crippen molar-refractivity contribution in [2.45, 2.75) is 26.1 Å². The molecule has 0 aliphatic carbocycles. The van der Waals surface area contributed by atoms with Crippen molar-refractivity contribution in [3.63, 3.8) is 0 Å². The van der Waals surface area contributed by atoms with Crippen LogP contribution in [0.4, 0.5) is 13.2 Å². The molecule has 0 saturated carbocycles. The van der Waals surface area contributed by atoms with Gasteiger partial charge in [-0.15, -0.1) is 0 Å². The van der Waals surface area contributed by atoms with E-state index < -0.39 is 17.8 Å². The molecule has 0 atom stereocenters. The molecule has 7 nitrogen and oxygen atoms in total. The van der Waals surface area contributed by atoms with E-state index in [1.54, 1.807) is 16.8 Å². The topological polar surface area (TPSA) is 77.1 Å². The zero-order chi connectivity index (χ0) is 25.4. The summed E-state index contributed by atoms with van der Waals surface area (Å²) in [6, 6.07) is 13.7. The number of benzene rings is 2. The SMILES string of the molecule is Cc1nn(CCCNC(=O)c2cnn3c(C(F)(F)F)cc(-c4cccc5ccccc45)nc23)cc1Br. The average molecular weight is 557 g/mol. The molecule has 1 amide bonds. The predicted octanol–water partition coefficient (Wildman–Crippen LogP) is 5.66. The summed E-state index contributed by atoms with van der Waals surface area (Å²) in [5.74, 6) is -0.543. The Kier molecular flexibility index (Phi) is 6.25. The first-order valence-corrected chi connectivity index (χ1v) is 11.9. The van der Waals surface area contributed by atoms with Gasteiger partial charge in [-0.1, -0.05) is 42.5 Å². The number of nitrogens with zero attached hydrogens (tertiary/aromatic N) is 5. The van der Waals surface area contributed by atoms with E-state index in [9.17, 15) is 18.0 Å². The van der Waals surface area contributed by atoms with E-state index in [0.717, 1.165) is 33.2 Å². The van der Waals surface area contributed by atoms with Crippen molar-refractivity contribution < 1.29 is 18.0 Å². The average Bonchev–Trinajstić information content (AvgIpc) is 3.42. The molecule has 3 heterocycles. The first-order chi connectivity index (χ1) is 17.2. The van der Waals surface area contributed by atoms with Crippen LogP contribution >= 0.6 is 15.9 Å². The lowest BCUT2D eigenvalue weighted by Crippen LogP contribution is -2.25. The van der Waals surface area contributed by atoms with Crippen molar-refractivity contribution in [3.8, 4) is 11.3 Å². The number of nitrogens with one attached hydrogen (secondary N) is 1. The van der Waals surface area contributed by atoms with Crippen LogP contribution in [0.25, 0.3) is 27.7 Å². The number of hydrogen-bond donors (Lipinski definition) is 1. The molecule has 0 radical (unpaired) electrons.